The summed E-state index contributed by atoms with van der Waals surface area (Å²) in [6, 6.07) is 4.03. The van der Waals surface area contributed by atoms with E-state index in [1.165, 1.54) is 24.3 Å². The van der Waals surface area contributed by atoms with E-state index >= 15 is 0 Å². The Bertz CT molecular complexity index is 813. The fourth-order valence-electron chi connectivity index (χ4n) is 2.44. The lowest BCUT2D eigenvalue weighted by Gasteiger charge is -2.23. The minimum absolute atomic E-state index is 0.0708. The second kappa shape index (κ2) is 8.67. The maximum absolute atomic E-state index is 12.5. The molecule has 1 unspecified atom stereocenters. The van der Waals surface area contributed by atoms with Gasteiger partial charge in [-0.15, -0.1) is 5.06 Å². The van der Waals surface area contributed by atoms with Gasteiger partial charge in [-0.05, 0) is 26.3 Å². The number of amides is 3. The molecule has 3 amide bonds. The molecule has 1 aliphatic heterocycles. The molecule has 11 nitrogen and oxygen atoms in total. The van der Waals surface area contributed by atoms with Crippen LogP contribution in [0.4, 0.5) is 10.5 Å². The standard InChI is InChI=1S/C18H21N3O8/c1-18(2,3)28-17(25)19-13(10-11-4-6-12(7-5-11)21(26)27)16(24)29-20-14(22)8-9-15(20)23/h4-7,13H,8-10H2,1-3H3,(H,19,25). The van der Waals surface area contributed by atoms with Crippen LogP contribution >= 0.6 is 0 Å². The molecule has 0 aliphatic carbocycles. The highest BCUT2D eigenvalue weighted by Gasteiger charge is 2.36. The minimum atomic E-state index is -1.30. The Morgan fingerprint density at radius 2 is 1.72 bits per heavy atom. The van der Waals surface area contributed by atoms with Gasteiger partial charge in [0.1, 0.15) is 11.6 Å². The van der Waals surface area contributed by atoms with Crippen LogP contribution in [0.25, 0.3) is 0 Å². The maximum Gasteiger partial charge on any atom is 0.408 e. The SMILES string of the molecule is CC(C)(C)OC(=O)NC(Cc1ccc([N+](=O)[O-])cc1)C(=O)ON1C(=O)CCC1=O. The first-order valence-electron chi connectivity index (χ1n) is 8.77. The third kappa shape index (κ3) is 6.26. The molecular weight excluding hydrogens is 386 g/mol. The number of carbonyl (C=O) groups excluding carboxylic acids is 4. The van der Waals surface area contributed by atoms with Crippen molar-refractivity contribution < 1.29 is 33.7 Å². The number of rotatable bonds is 6. The van der Waals surface area contributed by atoms with Crippen LogP contribution < -0.4 is 5.32 Å². The summed E-state index contributed by atoms with van der Waals surface area (Å²) in [7, 11) is 0. The zero-order valence-corrected chi connectivity index (χ0v) is 16.2. The van der Waals surface area contributed by atoms with E-state index in [0.29, 0.717) is 10.6 Å². The van der Waals surface area contributed by atoms with Crippen LogP contribution in [0, 0.1) is 10.1 Å². The number of hydrogen-bond acceptors (Lipinski definition) is 8. The van der Waals surface area contributed by atoms with Gasteiger partial charge in [-0.25, -0.2) is 9.59 Å². The highest BCUT2D eigenvalue weighted by Crippen LogP contribution is 2.16. The first-order valence-corrected chi connectivity index (χ1v) is 8.77. The summed E-state index contributed by atoms with van der Waals surface area (Å²) in [5.41, 5.74) is -0.485. The normalized spacial score (nSPS) is 15.1. The summed E-state index contributed by atoms with van der Waals surface area (Å²) in [5, 5.41) is 13.5. The molecule has 1 fully saturated rings. The van der Waals surface area contributed by atoms with E-state index in [4.69, 9.17) is 9.57 Å². The van der Waals surface area contributed by atoms with E-state index in [1.54, 1.807) is 20.8 Å². The Morgan fingerprint density at radius 1 is 1.17 bits per heavy atom. The third-order valence-corrected chi connectivity index (χ3v) is 3.75. The Kier molecular flexibility index (Phi) is 6.52. The van der Waals surface area contributed by atoms with E-state index in [2.05, 4.69) is 5.32 Å². The lowest BCUT2D eigenvalue weighted by Crippen LogP contribution is -2.48. The smallest absolute Gasteiger partial charge is 0.408 e. The average Bonchev–Trinajstić information content (AvgIpc) is 2.92. The van der Waals surface area contributed by atoms with E-state index < -0.39 is 40.4 Å². The summed E-state index contributed by atoms with van der Waals surface area (Å²) in [4.78, 5) is 63.0. The van der Waals surface area contributed by atoms with Crippen molar-refractivity contribution in [2.45, 2.75) is 51.7 Å². The highest BCUT2D eigenvalue weighted by molar-refractivity contribution is 6.01. The Labute approximate surface area is 166 Å². The van der Waals surface area contributed by atoms with Gasteiger partial charge < -0.3 is 14.9 Å². The molecule has 1 aromatic carbocycles. The van der Waals surface area contributed by atoms with Crippen LogP contribution in [0.1, 0.15) is 39.2 Å². The molecule has 1 atom stereocenters. The van der Waals surface area contributed by atoms with Gasteiger partial charge in [0, 0.05) is 31.4 Å². The largest absolute Gasteiger partial charge is 0.444 e. The van der Waals surface area contributed by atoms with Crippen molar-refractivity contribution in [2.75, 3.05) is 0 Å². The van der Waals surface area contributed by atoms with Crippen LogP contribution in [0.3, 0.4) is 0 Å². The molecule has 1 N–H and O–H groups in total. The van der Waals surface area contributed by atoms with Gasteiger partial charge in [0.25, 0.3) is 17.5 Å². The number of nitro groups is 1. The average molecular weight is 407 g/mol. The lowest BCUT2D eigenvalue weighted by molar-refractivity contribution is -0.384. The summed E-state index contributed by atoms with van der Waals surface area (Å²) in [6.07, 6.45) is -1.15. The van der Waals surface area contributed by atoms with Crippen molar-refractivity contribution in [3.63, 3.8) is 0 Å². The van der Waals surface area contributed by atoms with Gasteiger partial charge in [0.2, 0.25) is 0 Å². The molecule has 0 spiro atoms. The second-order valence-corrected chi connectivity index (χ2v) is 7.32. The van der Waals surface area contributed by atoms with Crippen LogP contribution in [0.15, 0.2) is 24.3 Å². The molecule has 0 bridgehead atoms. The Morgan fingerprint density at radius 3 is 2.21 bits per heavy atom. The molecule has 1 saturated heterocycles. The van der Waals surface area contributed by atoms with Gasteiger partial charge >= 0.3 is 12.1 Å². The molecule has 0 aromatic heterocycles. The predicted molar refractivity (Wildman–Crippen MR) is 97.1 cm³/mol. The molecule has 29 heavy (non-hydrogen) atoms. The fourth-order valence-corrected chi connectivity index (χ4v) is 2.44. The second-order valence-electron chi connectivity index (χ2n) is 7.32. The molecular formula is C18H21N3O8. The van der Waals surface area contributed by atoms with Gasteiger partial charge in [-0.2, -0.15) is 0 Å². The number of carbonyl (C=O) groups is 4. The van der Waals surface area contributed by atoms with Crippen molar-refractivity contribution in [1.82, 2.24) is 10.4 Å². The number of nitrogens with zero attached hydrogens (tertiary/aromatic N) is 2. The summed E-state index contributed by atoms with van der Waals surface area (Å²) >= 11 is 0. The van der Waals surface area contributed by atoms with E-state index in [0.717, 1.165) is 0 Å². The lowest BCUT2D eigenvalue weighted by atomic mass is 10.1. The summed E-state index contributed by atoms with van der Waals surface area (Å²) in [5.74, 6) is -2.36. The molecule has 156 valence electrons. The monoisotopic (exact) mass is 407 g/mol. The molecule has 1 aliphatic rings. The molecule has 11 heteroatoms. The van der Waals surface area contributed by atoms with Gasteiger partial charge in [0.15, 0.2) is 0 Å². The maximum atomic E-state index is 12.5. The van der Waals surface area contributed by atoms with Crippen LogP contribution in [-0.4, -0.2) is 45.5 Å². The number of non-ortho nitro benzene ring substituents is 1. The van der Waals surface area contributed by atoms with Crippen LogP contribution in [0.2, 0.25) is 0 Å². The fraction of sp³-hybridized carbons (Fsp3) is 0.444. The first-order chi connectivity index (χ1) is 13.5. The van der Waals surface area contributed by atoms with Gasteiger partial charge in [-0.1, -0.05) is 12.1 Å². The number of imide groups is 1. The summed E-state index contributed by atoms with van der Waals surface area (Å²) in [6.45, 7) is 4.91. The van der Waals surface area contributed by atoms with Crippen molar-refractivity contribution in [1.29, 1.82) is 0 Å². The topological polar surface area (TPSA) is 145 Å². The van der Waals surface area contributed by atoms with Crippen molar-refractivity contribution in [3.05, 3.63) is 39.9 Å². The number of ether oxygens (including phenoxy) is 1. The molecule has 0 radical (unpaired) electrons. The number of nitro benzene ring substituents is 1. The molecule has 1 aromatic rings. The first kappa shape index (κ1) is 21.8. The molecule has 2 rings (SSSR count). The third-order valence-electron chi connectivity index (χ3n) is 3.75. The number of nitrogens with one attached hydrogen (secondary N) is 1. The Balaban J connectivity index is 2.16. The quantitative estimate of drug-likeness (QED) is 0.425. The molecule has 0 saturated carbocycles. The highest BCUT2D eigenvalue weighted by atomic mass is 16.7. The van der Waals surface area contributed by atoms with Crippen molar-refractivity contribution >= 4 is 29.6 Å². The van der Waals surface area contributed by atoms with E-state index in [9.17, 15) is 29.3 Å². The van der Waals surface area contributed by atoms with Crippen LogP contribution in [-0.2, 0) is 30.4 Å². The Hall–Kier alpha value is -3.50. The van der Waals surface area contributed by atoms with E-state index in [-0.39, 0.29) is 24.9 Å². The van der Waals surface area contributed by atoms with E-state index in [1.807, 2.05) is 0 Å². The van der Waals surface area contributed by atoms with Gasteiger partial charge in [-0.3, -0.25) is 19.7 Å². The van der Waals surface area contributed by atoms with Crippen molar-refractivity contribution in [2.24, 2.45) is 0 Å². The zero-order chi connectivity index (χ0) is 21.8. The van der Waals surface area contributed by atoms with Crippen LogP contribution in [0.5, 0.6) is 0 Å². The minimum Gasteiger partial charge on any atom is -0.444 e. The van der Waals surface area contributed by atoms with Gasteiger partial charge in [0.05, 0.1) is 4.92 Å². The number of alkyl carbamates (subject to hydrolysis) is 1. The molecule has 1 heterocycles. The zero-order valence-electron chi connectivity index (χ0n) is 16.2. The number of benzene rings is 1. The number of hydrogen-bond donors (Lipinski definition) is 1. The summed E-state index contributed by atoms with van der Waals surface area (Å²) < 4.78 is 5.12. The van der Waals surface area contributed by atoms with Crippen molar-refractivity contribution in [3.8, 4) is 0 Å². The number of hydroxylamine groups is 2. The predicted octanol–water partition coefficient (Wildman–Crippen LogP) is 1.64.